The number of carbonyl (C=O) groups excluding carboxylic acids is 1. The van der Waals surface area contributed by atoms with Crippen molar-refractivity contribution in [3.05, 3.63) is 35.9 Å². The zero-order valence-electron chi connectivity index (χ0n) is 10.8. The topological polar surface area (TPSA) is 95.2 Å². The van der Waals surface area contributed by atoms with Crippen LogP contribution in [0.2, 0.25) is 0 Å². The number of ether oxygens (including phenoxy) is 1. The Kier molecular flexibility index (Phi) is 4.13. The van der Waals surface area contributed by atoms with Crippen LogP contribution in [0.4, 0.5) is 5.82 Å². The number of hydrogen-bond acceptors (Lipinski definition) is 6. The molecular weight excluding hydrogens is 258 g/mol. The first-order valence-corrected chi connectivity index (χ1v) is 5.94. The highest BCUT2D eigenvalue weighted by atomic mass is 16.5. The minimum absolute atomic E-state index is 0.246. The van der Waals surface area contributed by atoms with Crippen LogP contribution in [0.5, 0.6) is 0 Å². The van der Waals surface area contributed by atoms with E-state index < -0.39 is 18.6 Å². The van der Waals surface area contributed by atoms with Crippen LogP contribution in [0.25, 0.3) is 10.9 Å². The van der Waals surface area contributed by atoms with Gasteiger partial charge in [0.25, 0.3) is 0 Å². The van der Waals surface area contributed by atoms with Gasteiger partial charge in [0.2, 0.25) is 0 Å². The molecule has 0 spiro atoms. The number of hydrogen-bond donors (Lipinski definition) is 2. The second-order valence-electron chi connectivity index (χ2n) is 4.09. The van der Waals surface area contributed by atoms with E-state index in [0.29, 0.717) is 11.1 Å². The first-order chi connectivity index (χ1) is 9.69. The molecule has 0 bridgehead atoms. The van der Waals surface area contributed by atoms with Gasteiger partial charge in [-0.25, -0.2) is 9.78 Å². The summed E-state index contributed by atoms with van der Waals surface area (Å²) in [5, 5.41) is 21.9. The number of rotatable bonds is 4. The number of carbonyl (C=O) groups is 1. The maximum Gasteiger partial charge on any atom is 0.330 e. The fourth-order valence-electron chi connectivity index (χ4n) is 1.80. The van der Waals surface area contributed by atoms with Crippen LogP contribution in [0.15, 0.2) is 30.3 Å². The lowest BCUT2D eigenvalue weighted by Gasteiger charge is -2.15. The van der Waals surface area contributed by atoms with Crippen LogP contribution in [0, 0.1) is 11.3 Å². The summed E-state index contributed by atoms with van der Waals surface area (Å²) in [5.41, 5.74) is 0.988. The molecule has 1 aromatic carbocycles. The molecule has 1 unspecified atom stereocenters. The minimum Gasteiger partial charge on any atom is -0.467 e. The van der Waals surface area contributed by atoms with E-state index in [1.54, 1.807) is 12.1 Å². The number of anilines is 1. The molecule has 2 aromatic rings. The highest BCUT2D eigenvalue weighted by Crippen LogP contribution is 2.20. The van der Waals surface area contributed by atoms with Crippen molar-refractivity contribution in [1.29, 1.82) is 5.26 Å². The summed E-state index contributed by atoms with van der Waals surface area (Å²) in [6, 6.07) is 10.1. The SMILES string of the molecule is COC(=O)C(CO)Nc1nc2ccccc2cc1C#N. The van der Waals surface area contributed by atoms with Gasteiger partial charge in [0.1, 0.15) is 17.9 Å². The van der Waals surface area contributed by atoms with E-state index in [-0.39, 0.29) is 5.82 Å². The van der Waals surface area contributed by atoms with E-state index in [9.17, 15) is 9.90 Å². The van der Waals surface area contributed by atoms with Gasteiger partial charge in [0.05, 0.1) is 24.8 Å². The van der Waals surface area contributed by atoms with E-state index >= 15 is 0 Å². The lowest BCUT2D eigenvalue weighted by Crippen LogP contribution is -2.34. The molecule has 2 N–H and O–H groups in total. The first kappa shape index (κ1) is 13.8. The Morgan fingerprint density at radius 3 is 2.95 bits per heavy atom. The molecule has 2 rings (SSSR count). The second kappa shape index (κ2) is 5.99. The molecule has 0 saturated heterocycles. The molecular formula is C14H13N3O3. The van der Waals surface area contributed by atoms with E-state index in [4.69, 9.17) is 5.26 Å². The van der Waals surface area contributed by atoms with Crippen molar-refractivity contribution in [3.8, 4) is 6.07 Å². The fourth-order valence-corrected chi connectivity index (χ4v) is 1.80. The molecule has 1 heterocycles. The highest BCUT2D eigenvalue weighted by molar-refractivity contribution is 5.84. The number of esters is 1. The molecule has 102 valence electrons. The maximum absolute atomic E-state index is 11.5. The molecule has 1 aromatic heterocycles. The molecule has 6 nitrogen and oxygen atoms in total. The first-order valence-electron chi connectivity index (χ1n) is 5.94. The highest BCUT2D eigenvalue weighted by Gasteiger charge is 2.20. The Balaban J connectivity index is 2.42. The molecule has 0 aliphatic carbocycles. The van der Waals surface area contributed by atoms with Gasteiger partial charge in [-0.1, -0.05) is 18.2 Å². The smallest absolute Gasteiger partial charge is 0.330 e. The number of aliphatic hydroxyl groups is 1. The lowest BCUT2D eigenvalue weighted by molar-refractivity contribution is -0.142. The number of para-hydroxylation sites is 1. The number of nitrogens with zero attached hydrogens (tertiary/aromatic N) is 2. The Morgan fingerprint density at radius 2 is 2.30 bits per heavy atom. The Bertz CT molecular complexity index is 679. The van der Waals surface area contributed by atoms with Gasteiger partial charge in [-0.3, -0.25) is 0 Å². The number of nitriles is 1. The lowest BCUT2D eigenvalue weighted by atomic mass is 10.1. The van der Waals surface area contributed by atoms with Crippen molar-refractivity contribution < 1.29 is 14.6 Å². The van der Waals surface area contributed by atoms with Crippen LogP contribution in [0.1, 0.15) is 5.56 Å². The van der Waals surface area contributed by atoms with Crippen LogP contribution >= 0.6 is 0 Å². The number of aromatic nitrogens is 1. The normalized spacial score (nSPS) is 11.7. The van der Waals surface area contributed by atoms with Crippen molar-refractivity contribution in [2.75, 3.05) is 19.0 Å². The Morgan fingerprint density at radius 1 is 1.55 bits per heavy atom. The van der Waals surface area contributed by atoms with E-state index in [1.807, 2.05) is 24.3 Å². The fraction of sp³-hybridized carbons (Fsp3) is 0.214. The van der Waals surface area contributed by atoms with E-state index in [2.05, 4.69) is 15.0 Å². The Hall–Kier alpha value is -2.65. The summed E-state index contributed by atoms with van der Waals surface area (Å²) in [6.45, 7) is -0.452. The average Bonchev–Trinajstić information content (AvgIpc) is 2.50. The molecule has 0 fully saturated rings. The average molecular weight is 271 g/mol. The predicted molar refractivity (Wildman–Crippen MR) is 73.0 cm³/mol. The number of fused-ring (bicyclic) bond motifs is 1. The van der Waals surface area contributed by atoms with Crippen molar-refractivity contribution in [2.45, 2.75) is 6.04 Å². The Labute approximate surface area is 115 Å². The van der Waals surface area contributed by atoms with Gasteiger partial charge in [-0.05, 0) is 12.1 Å². The number of nitrogens with one attached hydrogen (secondary N) is 1. The van der Waals surface area contributed by atoms with Gasteiger partial charge in [0.15, 0.2) is 0 Å². The third-order valence-electron chi connectivity index (χ3n) is 2.82. The standard InChI is InChI=1S/C14H13N3O3/c1-20-14(19)12(8-18)17-13-10(7-15)6-9-4-2-3-5-11(9)16-13/h2-6,12,18H,8H2,1H3,(H,16,17). The minimum atomic E-state index is -0.958. The third kappa shape index (κ3) is 2.68. The van der Waals surface area contributed by atoms with Crippen LogP contribution in [-0.4, -0.2) is 35.8 Å². The molecule has 0 saturated carbocycles. The molecule has 0 aliphatic heterocycles. The second-order valence-corrected chi connectivity index (χ2v) is 4.09. The van der Waals surface area contributed by atoms with Gasteiger partial charge in [-0.15, -0.1) is 0 Å². The van der Waals surface area contributed by atoms with Gasteiger partial charge in [0, 0.05) is 5.39 Å². The molecule has 6 heteroatoms. The molecule has 1 atom stereocenters. The van der Waals surface area contributed by atoms with Crippen LogP contribution in [-0.2, 0) is 9.53 Å². The summed E-state index contributed by atoms with van der Waals surface area (Å²) < 4.78 is 4.56. The molecule has 0 radical (unpaired) electrons. The summed E-state index contributed by atoms with van der Waals surface area (Å²) in [6.07, 6.45) is 0. The zero-order valence-corrected chi connectivity index (χ0v) is 10.8. The van der Waals surface area contributed by atoms with E-state index in [1.165, 1.54) is 7.11 Å². The van der Waals surface area contributed by atoms with Crippen LogP contribution in [0.3, 0.4) is 0 Å². The van der Waals surface area contributed by atoms with Crippen molar-refractivity contribution >= 4 is 22.7 Å². The van der Waals surface area contributed by atoms with Gasteiger partial charge >= 0.3 is 5.97 Å². The number of pyridine rings is 1. The maximum atomic E-state index is 11.5. The monoisotopic (exact) mass is 271 g/mol. The molecule has 0 aliphatic rings. The summed E-state index contributed by atoms with van der Waals surface area (Å²) in [7, 11) is 1.23. The van der Waals surface area contributed by atoms with Crippen molar-refractivity contribution in [2.24, 2.45) is 0 Å². The number of benzene rings is 1. The number of aliphatic hydroxyl groups excluding tert-OH is 1. The number of methoxy groups -OCH3 is 1. The summed E-state index contributed by atoms with van der Waals surface area (Å²) >= 11 is 0. The molecule has 20 heavy (non-hydrogen) atoms. The zero-order chi connectivity index (χ0) is 14.5. The van der Waals surface area contributed by atoms with E-state index in [0.717, 1.165) is 5.39 Å². The largest absolute Gasteiger partial charge is 0.467 e. The van der Waals surface area contributed by atoms with Crippen molar-refractivity contribution in [1.82, 2.24) is 4.98 Å². The summed E-state index contributed by atoms with van der Waals surface area (Å²) in [4.78, 5) is 15.8. The third-order valence-corrected chi connectivity index (χ3v) is 2.82. The summed E-state index contributed by atoms with van der Waals surface area (Å²) in [5.74, 6) is -0.373. The van der Waals surface area contributed by atoms with Crippen LogP contribution < -0.4 is 5.32 Å². The van der Waals surface area contributed by atoms with Gasteiger partial charge in [-0.2, -0.15) is 5.26 Å². The predicted octanol–water partition coefficient (Wildman–Crippen LogP) is 1.05. The van der Waals surface area contributed by atoms with Crippen molar-refractivity contribution in [3.63, 3.8) is 0 Å². The van der Waals surface area contributed by atoms with Gasteiger partial charge < -0.3 is 15.2 Å². The molecule has 0 amide bonds. The quantitative estimate of drug-likeness (QED) is 0.807.